The molecule has 88 valence electrons. The van der Waals surface area contributed by atoms with Crippen LogP contribution in [0.1, 0.15) is 6.92 Å². The second kappa shape index (κ2) is 5.87. The van der Waals surface area contributed by atoms with Crippen LogP contribution in [0.5, 0.6) is 0 Å². The van der Waals surface area contributed by atoms with E-state index in [1.165, 1.54) is 5.69 Å². The van der Waals surface area contributed by atoms with Crippen molar-refractivity contribution >= 4 is 5.69 Å². The van der Waals surface area contributed by atoms with E-state index in [1.54, 1.807) is 0 Å². The predicted octanol–water partition coefficient (Wildman–Crippen LogP) is 1.82. The number of para-hydroxylation sites is 1. The Labute approximate surface area is 97.4 Å². The standard InChI is InChI=1S/C13H20N2O/c1-12(15-7-9-16-10-8-15)11-14-13-5-3-2-4-6-13/h2-6,12,14H,7-11H2,1H3. The van der Waals surface area contributed by atoms with Gasteiger partial charge in [-0.3, -0.25) is 4.90 Å². The smallest absolute Gasteiger partial charge is 0.0594 e. The molecule has 0 amide bonds. The number of morpholine rings is 1. The summed E-state index contributed by atoms with van der Waals surface area (Å²) < 4.78 is 5.35. The summed E-state index contributed by atoms with van der Waals surface area (Å²) >= 11 is 0. The van der Waals surface area contributed by atoms with Gasteiger partial charge < -0.3 is 10.1 Å². The van der Waals surface area contributed by atoms with E-state index in [2.05, 4.69) is 41.4 Å². The summed E-state index contributed by atoms with van der Waals surface area (Å²) in [5.41, 5.74) is 1.20. The van der Waals surface area contributed by atoms with Crippen LogP contribution in [0.25, 0.3) is 0 Å². The molecule has 1 atom stereocenters. The van der Waals surface area contributed by atoms with Crippen LogP contribution in [0.4, 0.5) is 5.69 Å². The number of nitrogens with one attached hydrogen (secondary N) is 1. The van der Waals surface area contributed by atoms with Gasteiger partial charge in [-0.25, -0.2) is 0 Å². The van der Waals surface area contributed by atoms with Crippen molar-refractivity contribution in [1.29, 1.82) is 0 Å². The summed E-state index contributed by atoms with van der Waals surface area (Å²) in [6.45, 7) is 7.10. The number of benzene rings is 1. The van der Waals surface area contributed by atoms with Gasteiger partial charge in [0.1, 0.15) is 0 Å². The molecule has 1 aliphatic rings. The molecule has 3 heteroatoms. The molecular weight excluding hydrogens is 200 g/mol. The molecule has 0 bridgehead atoms. The third kappa shape index (κ3) is 3.22. The highest BCUT2D eigenvalue weighted by Gasteiger charge is 2.16. The Bertz CT molecular complexity index is 296. The predicted molar refractivity (Wildman–Crippen MR) is 66.8 cm³/mol. The van der Waals surface area contributed by atoms with Gasteiger partial charge in [-0.05, 0) is 19.1 Å². The van der Waals surface area contributed by atoms with E-state index in [1.807, 2.05) is 6.07 Å². The highest BCUT2D eigenvalue weighted by atomic mass is 16.5. The van der Waals surface area contributed by atoms with E-state index in [4.69, 9.17) is 4.74 Å². The molecular formula is C13H20N2O. The van der Waals surface area contributed by atoms with Gasteiger partial charge in [0.2, 0.25) is 0 Å². The minimum Gasteiger partial charge on any atom is -0.383 e. The van der Waals surface area contributed by atoms with Crippen LogP contribution in [0.15, 0.2) is 30.3 Å². The van der Waals surface area contributed by atoms with Gasteiger partial charge in [-0.2, -0.15) is 0 Å². The van der Waals surface area contributed by atoms with Gasteiger partial charge in [-0.1, -0.05) is 18.2 Å². The molecule has 0 aliphatic carbocycles. The Morgan fingerprint density at radius 3 is 2.62 bits per heavy atom. The molecule has 1 fully saturated rings. The molecule has 0 saturated carbocycles. The van der Waals surface area contributed by atoms with Gasteiger partial charge in [0.15, 0.2) is 0 Å². The van der Waals surface area contributed by atoms with E-state index < -0.39 is 0 Å². The summed E-state index contributed by atoms with van der Waals surface area (Å²) in [7, 11) is 0. The molecule has 2 rings (SSSR count). The molecule has 3 nitrogen and oxygen atoms in total. The fourth-order valence-electron chi connectivity index (χ4n) is 1.97. The Balaban J connectivity index is 1.76. The maximum Gasteiger partial charge on any atom is 0.0594 e. The first kappa shape index (κ1) is 11.4. The van der Waals surface area contributed by atoms with Crippen LogP contribution < -0.4 is 5.32 Å². The van der Waals surface area contributed by atoms with Crippen molar-refractivity contribution in [3.63, 3.8) is 0 Å². The zero-order chi connectivity index (χ0) is 11.2. The third-order valence-corrected chi connectivity index (χ3v) is 3.04. The molecule has 1 aromatic carbocycles. The van der Waals surface area contributed by atoms with Gasteiger partial charge in [-0.15, -0.1) is 0 Å². The second-order valence-electron chi connectivity index (χ2n) is 4.24. The number of ether oxygens (including phenoxy) is 1. The number of anilines is 1. The van der Waals surface area contributed by atoms with Crippen LogP contribution in [0.3, 0.4) is 0 Å². The van der Waals surface area contributed by atoms with E-state index in [9.17, 15) is 0 Å². The van der Waals surface area contributed by atoms with Crippen molar-refractivity contribution in [2.24, 2.45) is 0 Å². The highest BCUT2D eigenvalue weighted by molar-refractivity contribution is 5.42. The molecule has 1 saturated heterocycles. The Kier molecular flexibility index (Phi) is 4.19. The van der Waals surface area contributed by atoms with Gasteiger partial charge in [0.25, 0.3) is 0 Å². The summed E-state index contributed by atoms with van der Waals surface area (Å²) in [5, 5.41) is 3.46. The summed E-state index contributed by atoms with van der Waals surface area (Å²) in [6.07, 6.45) is 0. The van der Waals surface area contributed by atoms with Gasteiger partial charge >= 0.3 is 0 Å². The maximum absolute atomic E-state index is 5.35. The number of hydrogen-bond acceptors (Lipinski definition) is 3. The van der Waals surface area contributed by atoms with E-state index in [-0.39, 0.29) is 0 Å². The maximum atomic E-state index is 5.35. The van der Waals surface area contributed by atoms with E-state index >= 15 is 0 Å². The Morgan fingerprint density at radius 1 is 1.25 bits per heavy atom. The van der Waals surface area contributed by atoms with Crippen LogP contribution in [-0.4, -0.2) is 43.8 Å². The van der Waals surface area contributed by atoms with E-state index in [0.29, 0.717) is 6.04 Å². The quantitative estimate of drug-likeness (QED) is 0.837. The second-order valence-corrected chi connectivity index (χ2v) is 4.24. The minimum atomic E-state index is 0.559. The summed E-state index contributed by atoms with van der Waals surface area (Å²) in [4.78, 5) is 2.47. The van der Waals surface area contributed by atoms with Crippen LogP contribution in [0, 0.1) is 0 Å². The summed E-state index contributed by atoms with van der Waals surface area (Å²) in [6, 6.07) is 10.9. The average Bonchev–Trinajstić information content (AvgIpc) is 2.38. The number of rotatable bonds is 4. The Morgan fingerprint density at radius 2 is 1.94 bits per heavy atom. The largest absolute Gasteiger partial charge is 0.383 e. The monoisotopic (exact) mass is 220 g/mol. The fourth-order valence-corrected chi connectivity index (χ4v) is 1.97. The first-order valence-electron chi connectivity index (χ1n) is 5.97. The first-order chi connectivity index (χ1) is 7.86. The molecule has 0 aromatic heterocycles. The lowest BCUT2D eigenvalue weighted by Gasteiger charge is -2.32. The van der Waals surface area contributed by atoms with Crippen molar-refractivity contribution in [3.05, 3.63) is 30.3 Å². The van der Waals surface area contributed by atoms with Crippen molar-refractivity contribution in [2.75, 3.05) is 38.2 Å². The zero-order valence-electron chi connectivity index (χ0n) is 9.86. The first-order valence-corrected chi connectivity index (χ1v) is 5.97. The zero-order valence-corrected chi connectivity index (χ0v) is 9.86. The normalized spacial score (nSPS) is 19.3. The van der Waals surface area contributed by atoms with Crippen LogP contribution in [0.2, 0.25) is 0 Å². The van der Waals surface area contributed by atoms with Crippen molar-refractivity contribution < 1.29 is 4.74 Å². The molecule has 1 unspecified atom stereocenters. The molecule has 16 heavy (non-hydrogen) atoms. The number of hydrogen-bond donors (Lipinski definition) is 1. The lowest BCUT2D eigenvalue weighted by atomic mass is 10.2. The average molecular weight is 220 g/mol. The van der Waals surface area contributed by atoms with Crippen LogP contribution in [-0.2, 0) is 4.74 Å². The number of nitrogens with zero attached hydrogens (tertiary/aromatic N) is 1. The third-order valence-electron chi connectivity index (χ3n) is 3.04. The van der Waals surface area contributed by atoms with Crippen LogP contribution >= 0.6 is 0 Å². The highest BCUT2D eigenvalue weighted by Crippen LogP contribution is 2.08. The molecule has 0 spiro atoms. The molecule has 1 N–H and O–H groups in total. The fraction of sp³-hybridized carbons (Fsp3) is 0.538. The van der Waals surface area contributed by atoms with Gasteiger partial charge in [0.05, 0.1) is 13.2 Å². The summed E-state index contributed by atoms with van der Waals surface area (Å²) in [5.74, 6) is 0. The van der Waals surface area contributed by atoms with E-state index in [0.717, 1.165) is 32.8 Å². The molecule has 1 aromatic rings. The lowest BCUT2D eigenvalue weighted by Crippen LogP contribution is -2.44. The van der Waals surface area contributed by atoms with Gasteiger partial charge in [0, 0.05) is 31.4 Å². The molecule has 1 heterocycles. The Hall–Kier alpha value is -1.06. The van der Waals surface area contributed by atoms with Crippen molar-refractivity contribution in [1.82, 2.24) is 4.90 Å². The van der Waals surface area contributed by atoms with Crippen molar-refractivity contribution in [3.8, 4) is 0 Å². The minimum absolute atomic E-state index is 0.559. The molecule has 1 aliphatic heterocycles. The topological polar surface area (TPSA) is 24.5 Å². The molecule has 0 radical (unpaired) electrons. The lowest BCUT2D eigenvalue weighted by molar-refractivity contribution is 0.0227. The van der Waals surface area contributed by atoms with Crippen molar-refractivity contribution in [2.45, 2.75) is 13.0 Å². The SMILES string of the molecule is CC(CNc1ccccc1)N1CCOCC1.